The summed E-state index contributed by atoms with van der Waals surface area (Å²) >= 11 is 5.27. The first-order chi connectivity index (χ1) is 12.3. The maximum atomic E-state index is 13.2. The normalized spacial score (nSPS) is 29.0. The smallest absolute Gasteiger partial charge is 0.431 e. The van der Waals surface area contributed by atoms with Crippen LogP contribution in [0.1, 0.15) is 53.4 Å². The van der Waals surface area contributed by atoms with Crippen molar-refractivity contribution in [1.82, 2.24) is 0 Å². The zero-order chi connectivity index (χ0) is 22.3. The van der Waals surface area contributed by atoms with E-state index in [4.69, 9.17) is 16.3 Å². The topological polar surface area (TPSA) is 66.8 Å². The summed E-state index contributed by atoms with van der Waals surface area (Å²) < 4.78 is 84.3. The second-order valence-corrected chi connectivity index (χ2v) is 8.76. The van der Waals surface area contributed by atoms with E-state index in [2.05, 4.69) is 0 Å². The monoisotopic (exact) mass is 442 g/mol. The first-order valence-corrected chi connectivity index (χ1v) is 9.13. The number of hydrogen-bond acceptors (Lipinski definition) is 4. The van der Waals surface area contributed by atoms with Crippen LogP contribution in [0.3, 0.4) is 0 Å². The van der Waals surface area contributed by atoms with Crippen LogP contribution >= 0.6 is 11.6 Å². The van der Waals surface area contributed by atoms with Crippen LogP contribution in [-0.2, 0) is 9.53 Å². The minimum Gasteiger partial charge on any atom is -0.462 e. The van der Waals surface area contributed by atoms with Crippen molar-refractivity contribution in [3.63, 3.8) is 0 Å². The number of alkyl halides is 7. The molecule has 2 N–H and O–H groups in total. The Morgan fingerprint density at radius 1 is 0.964 bits per heavy atom. The number of carbonyl (C=O) groups is 1. The van der Waals surface area contributed by atoms with E-state index in [0.29, 0.717) is 13.3 Å². The minimum absolute atomic E-state index is 0.327. The standard InChI is InChI=1S/C17H25ClF6O4/c1-5-13(2,3)12(25)28-11-7-9(14(4,26)16(19,20)21)6-10(8-11)15(18,27)17(22,23)24/h9-11,26-27H,5-8H2,1-4H3. The van der Waals surface area contributed by atoms with Gasteiger partial charge in [-0.2, -0.15) is 26.3 Å². The van der Waals surface area contributed by atoms with Crippen molar-refractivity contribution < 1.29 is 46.1 Å². The predicted octanol–water partition coefficient (Wildman–Crippen LogP) is 4.55. The molecule has 0 aliphatic heterocycles. The number of carbonyl (C=O) groups excluding carboxylic acids is 1. The van der Waals surface area contributed by atoms with E-state index in [0.717, 1.165) is 0 Å². The Balaban J connectivity index is 3.23. The van der Waals surface area contributed by atoms with Gasteiger partial charge in [-0.1, -0.05) is 18.5 Å². The average Bonchev–Trinajstić information content (AvgIpc) is 2.52. The van der Waals surface area contributed by atoms with Gasteiger partial charge in [0, 0.05) is 11.8 Å². The van der Waals surface area contributed by atoms with Gasteiger partial charge >= 0.3 is 18.3 Å². The highest BCUT2D eigenvalue weighted by atomic mass is 35.5. The van der Waals surface area contributed by atoms with E-state index in [9.17, 15) is 41.4 Å². The Morgan fingerprint density at radius 3 is 1.82 bits per heavy atom. The number of ether oxygens (including phenoxy) is 1. The Morgan fingerprint density at radius 2 is 1.43 bits per heavy atom. The lowest BCUT2D eigenvalue weighted by atomic mass is 9.70. The van der Waals surface area contributed by atoms with Crippen molar-refractivity contribution in [2.75, 3.05) is 0 Å². The minimum atomic E-state index is -5.33. The Bertz CT molecular complexity index is 537. The SMILES string of the molecule is CCC(C)(C)C(=O)OC1CC(C(C)(O)C(F)(F)F)CC(C(O)(Cl)C(F)(F)F)C1. The fourth-order valence-electron chi connectivity index (χ4n) is 3.05. The fourth-order valence-corrected chi connectivity index (χ4v) is 3.23. The average molecular weight is 443 g/mol. The van der Waals surface area contributed by atoms with Crippen molar-refractivity contribution in [1.29, 1.82) is 0 Å². The van der Waals surface area contributed by atoms with Gasteiger partial charge in [0.25, 0.3) is 0 Å². The van der Waals surface area contributed by atoms with Crippen LogP contribution in [0.25, 0.3) is 0 Å². The maximum absolute atomic E-state index is 13.2. The number of aliphatic hydroxyl groups is 2. The van der Waals surface area contributed by atoms with Gasteiger partial charge in [0.1, 0.15) is 6.10 Å². The maximum Gasteiger partial charge on any atom is 0.431 e. The molecule has 0 aromatic rings. The fraction of sp³-hybridized carbons (Fsp3) is 0.941. The molecular weight excluding hydrogens is 418 g/mol. The predicted molar refractivity (Wildman–Crippen MR) is 88.3 cm³/mol. The molecule has 0 aromatic carbocycles. The first-order valence-electron chi connectivity index (χ1n) is 8.75. The van der Waals surface area contributed by atoms with E-state index in [1.165, 1.54) is 13.8 Å². The summed E-state index contributed by atoms with van der Waals surface area (Å²) in [5, 5.41) is 15.9. The van der Waals surface area contributed by atoms with Gasteiger partial charge < -0.3 is 14.9 Å². The second-order valence-electron chi connectivity index (χ2n) is 8.18. The van der Waals surface area contributed by atoms with Crippen molar-refractivity contribution >= 4 is 17.6 Å². The van der Waals surface area contributed by atoms with Gasteiger partial charge in [-0.05, 0) is 46.5 Å². The Hall–Kier alpha value is -0.740. The number of rotatable bonds is 5. The summed E-state index contributed by atoms with van der Waals surface area (Å²) in [6, 6.07) is 0. The molecule has 1 aliphatic carbocycles. The van der Waals surface area contributed by atoms with Crippen LogP contribution in [0.4, 0.5) is 26.3 Å². The Labute approximate surface area is 164 Å². The summed E-state index contributed by atoms with van der Waals surface area (Å²) in [5.41, 5.74) is -4.36. The second kappa shape index (κ2) is 7.83. The molecule has 5 unspecified atom stereocenters. The summed E-state index contributed by atoms with van der Waals surface area (Å²) in [4.78, 5) is 12.2. The van der Waals surface area contributed by atoms with Crippen LogP contribution in [-0.4, -0.2) is 45.3 Å². The van der Waals surface area contributed by atoms with Crippen molar-refractivity contribution in [2.45, 2.75) is 82.5 Å². The van der Waals surface area contributed by atoms with Gasteiger partial charge in [-0.3, -0.25) is 4.79 Å². The van der Waals surface area contributed by atoms with Crippen molar-refractivity contribution in [2.24, 2.45) is 17.3 Å². The third-order valence-electron chi connectivity index (χ3n) is 5.68. The summed E-state index contributed by atoms with van der Waals surface area (Å²) in [6.07, 6.45) is -13.5. The van der Waals surface area contributed by atoms with Crippen LogP contribution in [0.5, 0.6) is 0 Å². The summed E-state index contributed by atoms with van der Waals surface area (Å²) in [7, 11) is 0. The molecule has 0 amide bonds. The number of esters is 1. The highest BCUT2D eigenvalue weighted by Gasteiger charge is 2.63. The third-order valence-corrected chi connectivity index (χ3v) is 6.20. The molecule has 0 heterocycles. The molecule has 4 nitrogen and oxygen atoms in total. The Kier molecular flexibility index (Phi) is 7.07. The molecule has 0 bridgehead atoms. The molecule has 5 atom stereocenters. The van der Waals surface area contributed by atoms with Crippen LogP contribution in [0.2, 0.25) is 0 Å². The zero-order valence-corrected chi connectivity index (χ0v) is 16.7. The van der Waals surface area contributed by atoms with Gasteiger partial charge in [0.2, 0.25) is 5.06 Å². The molecule has 28 heavy (non-hydrogen) atoms. The molecule has 11 heteroatoms. The number of halogens is 7. The molecule has 0 radical (unpaired) electrons. The van der Waals surface area contributed by atoms with E-state index in [1.807, 2.05) is 0 Å². The lowest BCUT2D eigenvalue weighted by molar-refractivity contribution is -0.288. The first kappa shape index (κ1) is 25.3. The lowest BCUT2D eigenvalue weighted by Gasteiger charge is -2.45. The summed E-state index contributed by atoms with van der Waals surface area (Å²) in [5.74, 6) is -4.47. The molecule has 1 aliphatic rings. The van der Waals surface area contributed by atoms with Crippen LogP contribution in [0, 0.1) is 17.3 Å². The lowest BCUT2D eigenvalue weighted by Crippen LogP contribution is -2.56. The largest absolute Gasteiger partial charge is 0.462 e. The molecule has 1 rings (SSSR count). The molecule has 0 aromatic heterocycles. The van der Waals surface area contributed by atoms with Gasteiger partial charge in [0.15, 0.2) is 5.60 Å². The number of hydrogen-bond donors (Lipinski definition) is 2. The molecule has 1 saturated carbocycles. The highest BCUT2D eigenvalue weighted by Crippen LogP contribution is 2.51. The highest BCUT2D eigenvalue weighted by molar-refractivity contribution is 6.23. The third kappa shape index (κ3) is 5.05. The molecular formula is C17H25ClF6O4. The van der Waals surface area contributed by atoms with Gasteiger partial charge in [-0.25, -0.2) is 0 Å². The van der Waals surface area contributed by atoms with E-state index in [1.54, 1.807) is 6.92 Å². The van der Waals surface area contributed by atoms with Crippen LogP contribution < -0.4 is 0 Å². The van der Waals surface area contributed by atoms with E-state index >= 15 is 0 Å². The summed E-state index contributed by atoms with van der Waals surface area (Å²) in [6.45, 7) is 5.15. The van der Waals surface area contributed by atoms with E-state index < -0.39 is 71.6 Å². The zero-order valence-electron chi connectivity index (χ0n) is 15.9. The molecule has 0 spiro atoms. The van der Waals surface area contributed by atoms with Crippen LogP contribution in [0.15, 0.2) is 0 Å². The van der Waals surface area contributed by atoms with Gasteiger partial charge in [-0.15, -0.1) is 0 Å². The molecule has 166 valence electrons. The quantitative estimate of drug-likeness (QED) is 0.372. The van der Waals surface area contributed by atoms with Crippen molar-refractivity contribution in [3.8, 4) is 0 Å². The molecule has 1 fully saturated rings. The van der Waals surface area contributed by atoms with E-state index in [-0.39, 0.29) is 0 Å². The molecule has 0 saturated heterocycles. The van der Waals surface area contributed by atoms with Gasteiger partial charge in [0.05, 0.1) is 5.41 Å². The van der Waals surface area contributed by atoms with Crippen molar-refractivity contribution in [3.05, 3.63) is 0 Å².